The summed E-state index contributed by atoms with van der Waals surface area (Å²) in [6, 6.07) is 0.919. The lowest BCUT2D eigenvalue weighted by atomic mass is 9.84. The van der Waals surface area contributed by atoms with Crippen molar-refractivity contribution in [1.82, 2.24) is 4.90 Å². The van der Waals surface area contributed by atoms with E-state index in [-0.39, 0.29) is 0 Å². The van der Waals surface area contributed by atoms with Crippen LogP contribution in [0.2, 0.25) is 0 Å². The summed E-state index contributed by atoms with van der Waals surface area (Å²) < 4.78 is 0. The van der Waals surface area contributed by atoms with Gasteiger partial charge in [-0.3, -0.25) is 0 Å². The van der Waals surface area contributed by atoms with Crippen LogP contribution in [0, 0.1) is 11.3 Å². The van der Waals surface area contributed by atoms with Gasteiger partial charge in [-0.1, -0.05) is 26.7 Å². The lowest BCUT2D eigenvalue weighted by Crippen LogP contribution is -2.38. The topological polar surface area (TPSA) is 29.3 Å². The minimum atomic E-state index is 0.326. The summed E-state index contributed by atoms with van der Waals surface area (Å²) in [6.45, 7) is 8.01. The summed E-state index contributed by atoms with van der Waals surface area (Å²) in [7, 11) is 0. The molecule has 0 amide bonds. The van der Waals surface area contributed by atoms with Crippen molar-refractivity contribution < 1.29 is 0 Å². The van der Waals surface area contributed by atoms with Gasteiger partial charge in [0, 0.05) is 6.04 Å². The van der Waals surface area contributed by atoms with Crippen LogP contribution in [0.3, 0.4) is 0 Å². The van der Waals surface area contributed by atoms with Gasteiger partial charge >= 0.3 is 0 Å². The van der Waals surface area contributed by atoms with Crippen molar-refractivity contribution in [3.63, 3.8) is 0 Å². The molecule has 2 atom stereocenters. The molecule has 94 valence electrons. The smallest absolute Gasteiger partial charge is 0.0124 e. The summed E-state index contributed by atoms with van der Waals surface area (Å²) in [5, 5.41) is 0. The predicted molar refractivity (Wildman–Crippen MR) is 69.4 cm³/mol. The first-order chi connectivity index (χ1) is 7.62. The van der Waals surface area contributed by atoms with E-state index in [0.717, 1.165) is 18.5 Å². The lowest BCUT2D eigenvalue weighted by molar-refractivity contribution is 0.160. The summed E-state index contributed by atoms with van der Waals surface area (Å²) in [5.74, 6) is 1.02. The second-order valence-electron chi connectivity index (χ2n) is 6.55. The third-order valence-electron chi connectivity index (χ3n) is 4.75. The van der Waals surface area contributed by atoms with E-state index in [9.17, 15) is 0 Å². The van der Waals surface area contributed by atoms with E-state index in [1.165, 1.54) is 51.6 Å². The van der Waals surface area contributed by atoms with E-state index in [2.05, 4.69) is 18.7 Å². The van der Waals surface area contributed by atoms with Gasteiger partial charge in [-0.25, -0.2) is 0 Å². The highest BCUT2D eigenvalue weighted by molar-refractivity contribution is 4.90. The largest absolute Gasteiger partial charge is 0.330 e. The van der Waals surface area contributed by atoms with Crippen LogP contribution in [0.5, 0.6) is 0 Å². The third kappa shape index (κ3) is 2.78. The molecule has 0 bridgehead atoms. The zero-order chi connectivity index (χ0) is 11.6. The first-order valence-corrected chi connectivity index (χ1v) is 7.06. The monoisotopic (exact) mass is 224 g/mol. The Hall–Kier alpha value is -0.0800. The minimum absolute atomic E-state index is 0.326. The molecule has 1 aliphatic carbocycles. The zero-order valence-corrected chi connectivity index (χ0v) is 11.0. The molecule has 0 aromatic heterocycles. The number of hydrogen-bond donors (Lipinski definition) is 1. The van der Waals surface area contributed by atoms with Crippen molar-refractivity contribution in [3.05, 3.63) is 0 Å². The van der Waals surface area contributed by atoms with Crippen LogP contribution in [0.15, 0.2) is 0 Å². The number of nitrogens with zero attached hydrogens (tertiary/aromatic N) is 1. The number of nitrogens with two attached hydrogens (primary N) is 1. The van der Waals surface area contributed by atoms with Crippen molar-refractivity contribution >= 4 is 0 Å². The van der Waals surface area contributed by atoms with Gasteiger partial charge in [0.25, 0.3) is 0 Å². The van der Waals surface area contributed by atoms with Gasteiger partial charge in [0.05, 0.1) is 0 Å². The molecule has 16 heavy (non-hydrogen) atoms. The highest BCUT2D eigenvalue weighted by atomic mass is 15.2. The minimum Gasteiger partial charge on any atom is -0.330 e. The molecule has 1 heterocycles. The van der Waals surface area contributed by atoms with Crippen molar-refractivity contribution in [2.45, 2.75) is 58.4 Å². The van der Waals surface area contributed by atoms with E-state index in [1.807, 2.05) is 0 Å². The highest BCUT2D eigenvalue weighted by Gasteiger charge is 2.35. The van der Waals surface area contributed by atoms with Crippen LogP contribution in [0.1, 0.15) is 52.4 Å². The van der Waals surface area contributed by atoms with Crippen LogP contribution < -0.4 is 5.73 Å². The second-order valence-corrected chi connectivity index (χ2v) is 6.55. The fourth-order valence-corrected chi connectivity index (χ4v) is 3.33. The Morgan fingerprint density at radius 2 is 1.94 bits per heavy atom. The van der Waals surface area contributed by atoms with Gasteiger partial charge < -0.3 is 10.6 Å². The Morgan fingerprint density at radius 1 is 1.19 bits per heavy atom. The summed E-state index contributed by atoms with van der Waals surface area (Å²) >= 11 is 0. The average molecular weight is 224 g/mol. The first-order valence-electron chi connectivity index (χ1n) is 7.06. The van der Waals surface area contributed by atoms with Gasteiger partial charge in [0.15, 0.2) is 0 Å². The molecule has 2 N–H and O–H groups in total. The van der Waals surface area contributed by atoms with Crippen LogP contribution in [0.25, 0.3) is 0 Å². The highest BCUT2D eigenvalue weighted by Crippen LogP contribution is 2.36. The Bertz CT molecular complexity index is 225. The van der Waals surface area contributed by atoms with Gasteiger partial charge in [0.2, 0.25) is 0 Å². The number of rotatable bonds is 4. The Morgan fingerprint density at radius 3 is 2.69 bits per heavy atom. The van der Waals surface area contributed by atoms with Crippen molar-refractivity contribution in [1.29, 1.82) is 0 Å². The predicted octanol–water partition coefficient (Wildman–Crippen LogP) is 2.63. The van der Waals surface area contributed by atoms with E-state index in [0.29, 0.717) is 5.41 Å². The molecule has 2 fully saturated rings. The molecule has 1 saturated carbocycles. The zero-order valence-electron chi connectivity index (χ0n) is 11.0. The van der Waals surface area contributed by atoms with Crippen molar-refractivity contribution in [3.8, 4) is 0 Å². The quantitative estimate of drug-likeness (QED) is 0.795. The molecule has 0 aromatic rings. The third-order valence-corrected chi connectivity index (χ3v) is 4.75. The van der Waals surface area contributed by atoms with Crippen LogP contribution in [-0.2, 0) is 0 Å². The summed E-state index contributed by atoms with van der Waals surface area (Å²) in [4.78, 5) is 2.75. The number of fused-ring (bicyclic) bond motifs is 1. The molecular formula is C14H28N2. The number of likely N-dealkylation sites (tertiary alicyclic amines) is 1. The molecule has 0 aromatic carbocycles. The first kappa shape index (κ1) is 12.4. The normalized spacial score (nSPS) is 31.7. The average Bonchev–Trinajstić information content (AvgIpc) is 2.70. The Balaban J connectivity index is 1.82. The molecule has 2 aliphatic rings. The van der Waals surface area contributed by atoms with Crippen molar-refractivity contribution in [2.24, 2.45) is 17.1 Å². The fraction of sp³-hybridized carbons (Fsp3) is 1.00. The standard InChI is InChI=1S/C14H28N2/c1-14(2,11-15)8-10-16-9-7-12-5-3-4-6-13(12)16/h12-13H,3-11,15H2,1-2H3. The van der Waals surface area contributed by atoms with Crippen LogP contribution >= 0.6 is 0 Å². The second kappa shape index (κ2) is 5.05. The molecule has 0 spiro atoms. The van der Waals surface area contributed by atoms with Crippen molar-refractivity contribution in [2.75, 3.05) is 19.6 Å². The molecule has 1 saturated heterocycles. The van der Waals surface area contributed by atoms with Gasteiger partial charge in [-0.15, -0.1) is 0 Å². The molecule has 2 heteroatoms. The maximum Gasteiger partial charge on any atom is 0.0124 e. The molecular weight excluding hydrogens is 196 g/mol. The molecule has 2 nitrogen and oxygen atoms in total. The Kier molecular flexibility index (Phi) is 3.91. The fourth-order valence-electron chi connectivity index (χ4n) is 3.33. The van der Waals surface area contributed by atoms with E-state index in [1.54, 1.807) is 0 Å². The molecule has 0 radical (unpaired) electrons. The van der Waals surface area contributed by atoms with Gasteiger partial charge in [-0.05, 0) is 56.7 Å². The summed E-state index contributed by atoms with van der Waals surface area (Å²) in [6.07, 6.45) is 8.58. The molecule has 2 rings (SSSR count). The van der Waals surface area contributed by atoms with Gasteiger partial charge in [-0.2, -0.15) is 0 Å². The molecule has 2 unspecified atom stereocenters. The Labute approximate surface area is 101 Å². The maximum absolute atomic E-state index is 5.80. The van der Waals surface area contributed by atoms with E-state index in [4.69, 9.17) is 5.73 Å². The van der Waals surface area contributed by atoms with Gasteiger partial charge in [0.1, 0.15) is 0 Å². The van der Waals surface area contributed by atoms with E-state index < -0.39 is 0 Å². The SMILES string of the molecule is CC(C)(CN)CCN1CCC2CCCCC21. The molecule has 1 aliphatic heterocycles. The number of hydrogen-bond acceptors (Lipinski definition) is 2. The lowest BCUT2D eigenvalue weighted by Gasteiger charge is -2.33. The van der Waals surface area contributed by atoms with Crippen LogP contribution in [-0.4, -0.2) is 30.6 Å². The van der Waals surface area contributed by atoms with Crippen LogP contribution in [0.4, 0.5) is 0 Å². The maximum atomic E-state index is 5.80. The summed E-state index contributed by atoms with van der Waals surface area (Å²) in [5.41, 5.74) is 6.13. The van der Waals surface area contributed by atoms with E-state index >= 15 is 0 Å².